The van der Waals surface area contributed by atoms with E-state index in [-0.39, 0.29) is 0 Å². The molecule has 1 rings (SSSR count). The van der Waals surface area contributed by atoms with Crippen LogP contribution in [-0.2, 0) is 6.54 Å². The van der Waals surface area contributed by atoms with Crippen LogP contribution in [0.4, 0.5) is 0 Å². The highest BCUT2D eigenvalue weighted by atomic mass is 32.1. The van der Waals surface area contributed by atoms with Gasteiger partial charge in [-0.15, -0.1) is 11.3 Å². The largest absolute Gasteiger partial charge is 0.309 e. The number of nitrogens with one attached hydrogen (secondary N) is 1. The fraction of sp³-hybridized carbons (Fsp3) is 0.700. The lowest BCUT2D eigenvalue weighted by atomic mass is 10.3. The van der Waals surface area contributed by atoms with E-state index in [4.69, 9.17) is 0 Å². The highest BCUT2D eigenvalue weighted by molar-refractivity contribution is 7.09. The molecule has 0 fully saturated rings. The molecule has 1 aromatic heterocycles. The van der Waals surface area contributed by atoms with Gasteiger partial charge in [-0.2, -0.15) is 0 Å². The van der Waals surface area contributed by atoms with Crippen molar-refractivity contribution in [1.29, 1.82) is 0 Å². The third-order valence-electron chi connectivity index (χ3n) is 2.26. The first-order valence-corrected chi connectivity index (χ1v) is 5.75. The quantitative estimate of drug-likeness (QED) is 0.803. The molecule has 1 atom stereocenters. The van der Waals surface area contributed by atoms with Crippen LogP contribution in [0.2, 0.25) is 0 Å². The minimum absolute atomic E-state index is 0.566. The first kappa shape index (κ1) is 11.6. The van der Waals surface area contributed by atoms with Crippen molar-refractivity contribution < 1.29 is 0 Å². The van der Waals surface area contributed by atoms with Crippen LogP contribution in [0.3, 0.4) is 0 Å². The minimum Gasteiger partial charge on any atom is -0.309 e. The molecule has 1 heterocycles. The van der Waals surface area contributed by atoms with Gasteiger partial charge in [0.15, 0.2) is 0 Å². The van der Waals surface area contributed by atoms with Crippen LogP contribution < -0.4 is 5.32 Å². The smallest absolute Gasteiger partial charge is 0.107 e. The van der Waals surface area contributed by atoms with Crippen molar-refractivity contribution in [1.82, 2.24) is 15.2 Å². The molecule has 0 radical (unpaired) electrons. The monoisotopic (exact) mass is 213 g/mol. The third-order valence-corrected chi connectivity index (χ3v) is 3.23. The Kier molecular flexibility index (Phi) is 4.51. The number of nitrogens with zero attached hydrogens (tertiary/aromatic N) is 2. The Morgan fingerprint density at radius 3 is 2.79 bits per heavy atom. The Labute approximate surface area is 90.2 Å². The van der Waals surface area contributed by atoms with E-state index < -0.39 is 0 Å². The molecule has 1 unspecified atom stereocenters. The molecule has 80 valence electrons. The average Bonchev–Trinajstić information content (AvgIpc) is 2.51. The molecule has 0 spiro atoms. The van der Waals surface area contributed by atoms with Crippen molar-refractivity contribution >= 4 is 11.3 Å². The number of aryl methyl sites for hydroxylation is 1. The number of thiazole rings is 1. The topological polar surface area (TPSA) is 28.2 Å². The van der Waals surface area contributed by atoms with Gasteiger partial charge >= 0.3 is 0 Å². The molecular weight excluding hydrogens is 194 g/mol. The van der Waals surface area contributed by atoms with E-state index >= 15 is 0 Å². The van der Waals surface area contributed by atoms with E-state index in [1.165, 1.54) is 5.01 Å². The summed E-state index contributed by atoms with van der Waals surface area (Å²) in [5.41, 5.74) is 1.12. The Bertz CT molecular complexity index is 270. The summed E-state index contributed by atoms with van der Waals surface area (Å²) >= 11 is 1.72. The van der Waals surface area contributed by atoms with Crippen LogP contribution in [0, 0.1) is 6.92 Å². The maximum Gasteiger partial charge on any atom is 0.107 e. The maximum absolute atomic E-state index is 4.39. The van der Waals surface area contributed by atoms with Gasteiger partial charge in [-0.3, -0.25) is 0 Å². The van der Waals surface area contributed by atoms with Gasteiger partial charge in [-0.25, -0.2) is 4.98 Å². The average molecular weight is 213 g/mol. The highest BCUT2D eigenvalue weighted by Crippen LogP contribution is 2.07. The second kappa shape index (κ2) is 5.44. The Balaban J connectivity index is 2.22. The van der Waals surface area contributed by atoms with Crippen LogP contribution in [0.5, 0.6) is 0 Å². The second-order valence-corrected chi connectivity index (χ2v) is 4.77. The Morgan fingerprint density at radius 2 is 2.29 bits per heavy atom. The molecular formula is C10H19N3S. The molecule has 0 saturated heterocycles. The lowest BCUT2D eigenvalue weighted by Gasteiger charge is -2.19. The summed E-state index contributed by atoms with van der Waals surface area (Å²) in [4.78, 5) is 6.60. The van der Waals surface area contributed by atoms with Crippen LogP contribution in [0.25, 0.3) is 0 Å². The molecule has 0 saturated carbocycles. The van der Waals surface area contributed by atoms with Gasteiger partial charge in [0.25, 0.3) is 0 Å². The van der Waals surface area contributed by atoms with Gasteiger partial charge in [0, 0.05) is 30.2 Å². The predicted octanol–water partition coefficient (Wildman–Crippen LogP) is 1.49. The maximum atomic E-state index is 4.39. The molecule has 0 aliphatic carbocycles. The summed E-state index contributed by atoms with van der Waals surface area (Å²) in [6.45, 7) is 6.13. The van der Waals surface area contributed by atoms with Gasteiger partial charge in [-0.05, 0) is 27.9 Å². The van der Waals surface area contributed by atoms with E-state index in [9.17, 15) is 0 Å². The number of aromatic nitrogens is 1. The second-order valence-electron chi connectivity index (χ2n) is 3.83. The number of hydrogen-bond acceptors (Lipinski definition) is 4. The summed E-state index contributed by atoms with van der Waals surface area (Å²) in [5, 5.41) is 6.67. The molecule has 0 amide bonds. The van der Waals surface area contributed by atoms with Gasteiger partial charge in [-0.1, -0.05) is 0 Å². The third kappa shape index (κ3) is 3.74. The number of hydrogen-bond donors (Lipinski definition) is 1. The highest BCUT2D eigenvalue weighted by Gasteiger charge is 2.04. The zero-order chi connectivity index (χ0) is 10.6. The summed E-state index contributed by atoms with van der Waals surface area (Å²) in [5.74, 6) is 0. The van der Waals surface area contributed by atoms with Gasteiger partial charge in [0.1, 0.15) is 5.01 Å². The van der Waals surface area contributed by atoms with Crippen molar-refractivity contribution in [2.24, 2.45) is 0 Å². The summed E-state index contributed by atoms with van der Waals surface area (Å²) in [7, 11) is 4.19. The molecule has 14 heavy (non-hydrogen) atoms. The van der Waals surface area contributed by atoms with E-state index in [1.54, 1.807) is 11.3 Å². The van der Waals surface area contributed by atoms with Gasteiger partial charge in [0.2, 0.25) is 0 Å². The van der Waals surface area contributed by atoms with E-state index in [0.717, 1.165) is 18.8 Å². The lowest BCUT2D eigenvalue weighted by Crippen LogP contribution is -2.35. The summed E-state index contributed by atoms with van der Waals surface area (Å²) in [6.07, 6.45) is 0. The molecule has 3 nitrogen and oxygen atoms in total. The molecule has 0 aromatic carbocycles. The number of rotatable bonds is 5. The van der Waals surface area contributed by atoms with E-state index in [1.807, 2.05) is 6.92 Å². The molecule has 4 heteroatoms. The standard InChI is InChI=1S/C10H19N3S/c1-8-7-14-10(12-8)6-11-5-9(2)13(3)4/h7,9,11H,5-6H2,1-4H3. The van der Waals surface area contributed by atoms with Crippen molar-refractivity contribution in [2.45, 2.75) is 26.4 Å². The minimum atomic E-state index is 0.566. The predicted molar refractivity (Wildman–Crippen MR) is 61.7 cm³/mol. The molecule has 0 aliphatic rings. The Morgan fingerprint density at radius 1 is 1.57 bits per heavy atom. The van der Waals surface area contributed by atoms with Crippen LogP contribution >= 0.6 is 11.3 Å². The van der Waals surface area contributed by atoms with Crippen molar-refractivity contribution in [3.8, 4) is 0 Å². The first-order chi connectivity index (χ1) is 6.59. The zero-order valence-corrected chi connectivity index (χ0v) is 10.2. The van der Waals surface area contributed by atoms with Crippen LogP contribution in [-0.4, -0.2) is 36.6 Å². The van der Waals surface area contributed by atoms with Crippen LogP contribution in [0.15, 0.2) is 5.38 Å². The van der Waals surface area contributed by atoms with Crippen molar-refractivity contribution in [2.75, 3.05) is 20.6 Å². The zero-order valence-electron chi connectivity index (χ0n) is 9.37. The first-order valence-electron chi connectivity index (χ1n) is 4.87. The molecule has 0 aliphatic heterocycles. The Hall–Kier alpha value is -0.450. The summed E-state index contributed by atoms with van der Waals surface area (Å²) < 4.78 is 0. The summed E-state index contributed by atoms with van der Waals surface area (Å²) in [6, 6.07) is 0.566. The molecule has 1 N–H and O–H groups in total. The molecule has 1 aromatic rings. The SMILES string of the molecule is Cc1csc(CNCC(C)N(C)C)n1. The lowest BCUT2D eigenvalue weighted by molar-refractivity contribution is 0.302. The fourth-order valence-corrected chi connectivity index (χ4v) is 1.80. The van der Waals surface area contributed by atoms with Gasteiger partial charge in [0.05, 0.1) is 0 Å². The van der Waals surface area contributed by atoms with Crippen LogP contribution in [0.1, 0.15) is 17.6 Å². The molecule has 0 bridgehead atoms. The van der Waals surface area contributed by atoms with E-state index in [0.29, 0.717) is 6.04 Å². The van der Waals surface area contributed by atoms with Gasteiger partial charge < -0.3 is 10.2 Å². The van der Waals surface area contributed by atoms with E-state index in [2.05, 4.69) is 41.6 Å². The van der Waals surface area contributed by atoms with Crippen molar-refractivity contribution in [3.63, 3.8) is 0 Å². The fourth-order valence-electron chi connectivity index (χ4n) is 1.05. The van der Waals surface area contributed by atoms with Crippen molar-refractivity contribution in [3.05, 3.63) is 16.1 Å². The number of likely N-dealkylation sites (N-methyl/N-ethyl adjacent to an activating group) is 1. The normalized spacial score (nSPS) is 13.5.